The van der Waals surface area contributed by atoms with Gasteiger partial charge >= 0.3 is 0 Å². The monoisotopic (exact) mass is 393 g/mol. The van der Waals surface area contributed by atoms with E-state index in [-0.39, 0.29) is 17.3 Å². The summed E-state index contributed by atoms with van der Waals surface area (Å²) in [5, 5.41) is 6.33. The number of hydrogen-bond acceptors (Lipinski definition) is 4. The zero-order valence-electron chi connectivity index (χ0n) is 14.1. The predicted octanol–water partition coefficient (Wildman–Crippen LogP) is 3.18. The lowest BCUT2D eigenvalue weighted by molar-refractivity contribution is -0.114. The normalized spacial score (nSPS) is 15.0. The number of carbonyl (C=O) groups is 1. The van der Waals surface area contributed by atoms with Crippen molar-refractivity contribution in [3.63, 3.8) is 0 Å². The third-order valence-electron chi connectivity index (χ3n) is 4.14. The van der Waals surface area contributed by atoms with Crippen LogP contribution in [0.5, 0.6) is 0 Å². The Kier molecular flexibility index (Phi) is 5.80. The van der Waals surface area contributed by atoms with Crippen LogP contribution in [0.3, 0.4) is 0 Å². The lowest BCUT2D eigenvalue weighted by atomic mass is 10.3. The van der Waals surface area contributed by atoms with Gasteiger partial charge in [0.15, 0.2) is 0 Å². The summed E-state index contributed by atoms with van der Waals surface area (Å²) < 4.78 is 26.5. The fourth-order valence-electron chi connectivity index (χ4n) is 2.74. The molecule has 1 amide bonds. The molecule has 0 spiro atoms. The quantitative estimate of drug-likeness (QED) is 0.790. The van der Waals surface area contributed by atoms with Gasteiger partial charge in [-0.25, -0.2) is 8.42 Å². The number of carbonyl (C=O) groups excluding carboxylic acids is 1. The Morgan fingerprint density at radius 2 is 1.54 bits per heavy atom. The van der Waals surface area contributed by atoms with E-state index >= 15 is 0 Å². The third kappa shape index (κ3) is 4.55. The van der Waals surface area contributed by atoms with Crippen LogP contribution in [0.4, 0.5) is 11.4 Å². The SMILES string of the molecule is O=C(CNc1ccc(S(=O)(=O)N2CCCC2)cc1)Nc1ccc(Cl)cc1. The minimum atomic E-state index is -3.42. The van der Waals surface area contributed by atoms with E-state index in [2.05, 4.69) is 10.6 Å². The molecule has 0 aromatic heterocycles. The van der Waals surface area contributed by atoms with Crippen LogP contribution < -0.4 is 10.6 Å². The molecule has 0 aliphatic carbocycles. The van der Waals surface area contributed by atoms with E-state index in [1.807, 2.05) is 0 Å². The Balaban J connectivity index is 1.55. The van der Waals surface area contributed by atoms with Crippen molar-refractivity contribution in [3.8, 4) is 0 Å². The van der Waals surface area contributed by atoms with E-state index in [1.165, 1.54) is 4.31 Å². The summed E-state index contributed by atoms with van der Waals surface area (Å²) in [5.41, 5.74) is 1.34. The summed E-state index contributed by atoms with van der Waals surface area (Å²) in [6.45, 7) is 1.22. The Labute approximate surface area is 158 Å². The second-order valence-electron chi connectivity index (χ2n) is 6.04. The molecule has 2 aromatic carbocycles. The van der Waals surface area contributed by atoms with Gasteiger partial charge in [0.05, 0.1) is 11.4 Å². The molecule has 26 heavy (non-hydrogen) atoms. The fourth-order valence-corrected chi connectivity index (χ4v) is 4.39. The molecule has 1 heterocycles. The van der Waals surface area contributed by atoms with Crippen molar-refractivity contribution in [3.05, 3.63) is 53.6 Å². The van der Waals surface area contributed by atoms with Crippen LogP contribution in [0, 0.1) is 0 Å². The van der Waals surface area contributed by atoms with Gasteiger partial charge in [0.2, 0.25) is 15.9 Å². The topological polar surface area (TPSA) is 78.5 Å². The van der Waals surface area contributed by atoms with Crippen molar-refractivity contribution in [2.24, 2.45) is 0 Å². The minimum absolute atomic E-state index is 0.0703. The summed E-state index contributed by atoms with van der Waals surface area (Å²) in [4.78, 5) is 12.2. The first-order valence-electron chi connectivity index (χ1n) is 8.35. The first-order chi connectivity index (χ1) is 12.4. The molecule has 0 atom stereocenters. The van der Waals surface area contributed by atoms with Crippen LogP contribution in [0.15, 0.2) is 53.4 Å². The molecule has 0 unspecified atom stereocenters. The molecule has 3 rings (SSSR count). The maximum Gasteiger partial charge on any atom is 0.243 e. The number of sulfonamides is 1. The second kappa shape index (κ2) is 8.07. The highest BCUT2D eigenvalue weighted by Gasteiger charge is 2.26. The van der Waals surface area contributed by atoms with Crippen molar-refractivity contribution in [2.75, 3.05) is 30.3 Å². The fraction of sp³-hybridized carbons (Fsp3) is 0.278. The molecule has 0 radical (unpaired) electrons. The number of nitrogens with zero attached hydrogens (tertiary/aromatic N) is 1. The summed E-state index contributed by atoms with van der Waals surface area (Å²) in [6.07, 6.45) is 1.81. The molecule has 1 aliphatic heterocycles. The average molecular weight is 394 g/mol. The molecule has 1 saturated heterocycles. The maximum atomic E-state index is 12.5. The lowest BCUT2D eigenvalue weighted by Crippen LogP contribution is -2.27. The Morgan fingerprint density at radius 1 is 0.962 bits per heavy atom. The van der Waals surface area contributed by atoms with Gasteiger partial charge < -0.3 is 10.6 Å². The minimum Gasteiger partial charge on any atom is -0.376 e. The van der Waals surface area contributed by atoms with Crippen LogP contribution in [-0.2, 0) is 14.8 Å². The van der Waals surface area contributed by atoms with Crippen LogP contribution in [0.1, 0.15) is 12.8 Å². The highest BCUT2D eigenvalue weighted by atomic mass is 35.5. The molecule has 2 aromatic rings. The number of benzene rings is 2. The Bertz CT molecular complexity index is 862. The maximum absolute atomic E-state index is 12.5. The van der Waals surface area contributed by atoms with E-state index in [9.17, 15) is 13.2 Å². The zero-order valence-corrected chi connectivity index (χ0v) is 15.7. The Hall–Kier alpha value is -2.09. The second-order valence-corrected chi connectivity index (χ2v) is 8.42. The van der Waals surface area contributed by atoms with Gasteiger partial charge in [-0.2, -0.15) is 4.31 Å². The van der Waals surface area contributed by atoms with Gasteiger partial charge in [0.1, 0.15) is 0 Å². The van der Waals surface area contributed by atoms with E-state index in [4.69, 9.17) is 11.6 Å². The van der Waals surface area contributed by atoms with E-state index in [0.29, 0.717) is 29.5 Å². The molecule has 0 bridgehead atoms. The van der Waals surface area contributed by atoms with Crippen LogP contribution in [0.2, 0.25) is 5.02 Å². The van der Waals surface area contributed by atoms with E-state index < -0.39 is 10.0 Å². The molecule has 2 N–H and O–H groups in total. The van der Waals surface area contributed by atoms with Crippen molar-refractivity contribution in [1.82, 2.24) is 4.31 Å². The van der Waals surface area contributed by atoms with Crippen molar-refractivity contribution in [1.29, 1.82) is 0 Å². The summed E-state index contributed by atoms with van der Waals surface area (Å²) >= 11 is 5.80. The van der Waals surface area contributed by atoms with Crippen LogP contribution in [-0.4, -0.2) is 38.3 Å². The zero-order chi connectivity index (χ0) is 18.6. The third-order valence-corrected chi connectivity index (χ3v) is 6.30. The number of hydrogen-bond donors (Lipinski definition) is 2. The number of amides is 1. The highest BCUT2D eigenvalue weighted by molar-refractivity contribution is 7.89. The summed E-state index contributed by atoms with van der Waals surface area (Å²) in [7, 11) is -3.42. The first kappa shape index (κ1) is 18.7. The molecular weight excluding hydrogens is 374 g/mol. The Morgan fingerprint density at radius 3 is 2.15 bits per heavy atom. The number of halogens is 1. The van der Waals surface area contributed by atoms with E-state index in [1.54, 1.807) is 48.5 Å². The molecular formula is C18H20ClN3O3S. The van der Waals surface area contributed by atoms with Gasteiger partial charge in [0, 0.05) is 29.5 Å². The van der Waals surface area contributed by atoms with Crippen LogP contribution >= 0.6 is 11.6 Å². The van der Waals surface area contributed by atoms with Gasteiger partial charge in [-0.3, -0.25) is 4.79 Å². The molecule has 1 fully saturated rings. The smallest absolute Gasteiger partial charge is 0.243 e. The molecule has 0 saturated carbocycles. The van der Waals surface area contributed by atoms with Crippen molar-refractivity contribution in [2.45, 2.75) is 17.7 Å². The van der Waals surface area contributed by atoms with E-state index in [0.717, 1.165) is 12.8 Å². The lowest BCUT2D eigenvalue weighted by Gasteiger charge is -2.15. The average Bonchev–Trinajstić information content (AvgIpc) is 3.18. The number of anilines is 2. The van der Waals surface area contributed by atoms with Gasteiger partial charge in [-0.1, -0.05) is 11.6 Å². The van der Waals surface area contributed by atoms with Gasteiger partial charge in [-0.05, 0) is 61.4 Å². The highest BCUT2D eigenvalue weighted by Crippen LogP contribution is 2.22. The summed E-state index contributed by atoms with van der Waals surface area (Å²) in [6, 6.07) is 13.3. The predicted molar refractivity (Wildman–Crippen MR) is 103 cm³/mol. The molecule has 1 aliphatic rings. The number of rotatable bonds is 6. The molecule has 8 heteroatoms. The van der Waals surface area contributed by atoms with Crippen LogP contribution in [0.25, 0.3) is 0 Å². The molecule has 6 nitrogen and oxygen atoms in total. The largest absolute Gasteiger partial charge is 0.376 e. The standard InChI is InChI=1S/C18H20ClN3O3S/c19-14-3-5-16(6-4-14)21-18(23)13-20-15-7-9-17(10-8-15)26(24,25)22-11-1-2-12-22/h3-10,20H,1-2,11-13H2,(H,21,23). The number of nitrogens with one attached hydrogen (secondary N) is 2. The first-order valence-corrected chi connectivity index (χ1v) is 10.2. The summed E-state index contributed by atoms with van der Waals surface area (Å²) in [5.74, 6) is -0.207. The molecule has 138 valence electrons. The van der Waals surface area contributed by atoms with Gasteiger partial charge in [-0.15, -0.1) is 0 Å². The van der Waals surface area contributed by atoms with Gasteiger partial charge in [0.25, 0.3) is 0 Å². The van der Waals surface area contributed by atoms with Crippen molar-refractivity contribution < 1.29 is 13.2 Å². The van der Waals surface area contributed by atoms with Crippen molar-refractivity contribution >= 4 is 38.9 Å².